The number of carbonyl (C=O) groups excluding carboxylic acids is 1. The van der Waals surface area contributed by atoms with Crippen LogP contribution in [0.5, 0.6) is 5.75 Å². The zero-order valence-electron chi connectivity index (χ0n) is 15.2. The number of nitrogens with zero attached hydrogens (tertiary/aromatic N) is 2. The molecule has 0 radical (unpaired) electrons. The zero-order valence-corrected chi connectivity index (χ0v) is 17.6. The number of methoxy groups -OCH3 is 1. The monoisotopic (exact) mass is 447 g/mol. The maximum atomic E-state index is 12.6. The first-order chi connectivity index (χ1) is 12.9. The number of ether oxygens (including phenoxy) is 1. The summed E-state index contributed by atoms with van der Waals surface area (Å²) in [5, 5.41) is 7.82. The van der Waals surface area contributed by atoms with Gasteiger partial charge in [-0.3, -0.25) is 9.48 Å². The average molecular weight is 449 g/mol. The normalized spacial score (nSPS) is 10.7. The molecule has 1 aromatic heterocycles. The van der Waals surface area contributed by atoms with Crippen LogP contribution in [-0.4, -0.2) is 22.8 Å². The number of carbonyl (C=O) groups is 1. The molecule has 1 N–H and O–H groups in total. The molecule has 1 heterocycles. The molecule has 0 fully saturated rings. The van der Waals surface area contributed by atoms with E-state index in [9.17, 15) is 4.79 Å². The Morgan fingerprint density at radius 1 is 1.26 bits per heavy atom. The fourth-order valence-corrected chi connectivity index (χ4v) is 3.30. The molecular weight excluding hydrogens is 430 g/mol. The van der Waals surface area contributed by atoms with Crippen LogP contribution in [0.25, 0.3) is 0 Å². The number of hydrogen-bond acceptors (Lipinski definition) is 3. The van der Waals surface area contributed by atoms with Crippen molar-refractivity contribution in [1.29, 1.82) is 0 Å². The van der Waals surface area contributed by atoms with E-state index in [0.29, 0.717) is 28.6 Å². The maximum absolute atomic E-state index is 12.6. The number of nitrogens with one attached hydrogen (secondary N) is 1. The van der Waals surface area contributed by atoms with Crippen molar-refractivity contribution in [2.24, 2.45) is 0 Å². The molecule has 27 heavy (non-hydrogen) atoms. The van der Waals surface area contributed by atoms with Crippen LogP contribution in [0.3, 0.4) is 0 Å². The Hall–Kier alpha value is -2.31. The Morgan fingerprint density at radius 2 is 2.04 bits per heavy atom. The molecule has 0 aliphatic carbocycles. The number of anilines is 1. The van der Waals surface area contributed by atoms with Gasteiger partial charge in [-0.2, -0.15) is 5.10 Å². The van der Waals surface area contributed by atoms with Crippen LogP contribution in [0.1, 0.15) is 27.3 Å². The molecule has 140 valence electrons. The van der Waals surface area contributed by atoms with E-state index in [2.05, 4.69) is 26.3 Å². The van der Waals surface area contributed by atoms with Gasteiger partial charge in [0.25, 0.3) is 5.91 Å². The molecule has 3 rings (SSSR count). The highest BCUT2D eigenvalue weighted by Crippen LogP contribution is 2.27. The summed E-state index contributed by atoms with van der Waals surface area (Å²) in [5.74, 6) is 0.361. The lowest BCUT2D eigenvalue weighted by Crippen LogP contribution is -2.13. The molecule has 0 bridgehead atoms. The van der Waals surface area contributed by atoms with Crippen molar-refractivity contribution in [2.45, 2.75) is 20.4 Å². The van der Waals surface area contributed by atoms with Gasteiger partial charge in [0.05, 0.1) is 34.5 Å². The van der Waals surface area contributed by atoms with E-state index in [-0.39, 0.29) is 5.91 Å². The second-order valence-corrected chi connectivity index (χ2v) is 7.35. The number of aryl methyl sites for hydroxylation is 1. The van der Waals surface area contributed by atoms with Crippen LogP contribution in [0.4, 0.5) is 5.69 Å². The maximum Gasteiger partial charge on any atom is 0.255 e. The number of rotatable bonds is 5. The predicted octanol–water partition coefficient (Wildman–Crippen LogP) is 5.23. The zero-order chi connectivity index (χ0) is 19.6. The van der Waals surface area contributed by atoms with Gasteiger partial charge in [0.15, 0.2) is 0 Å². The molecule has 0 unspecified atom stereocenters. The molecular formula is C20H19BrClN3O2. The molecule has 5 nitrogen and oxygen atoms in total. The highest BCUT2D eigenvalue weighted by Gasteiger charge is 2.12. The second-order valence-electron chi connectivity index (χ2n) is 6.15. The van der Waals surface area contributed by atoms with Crippen molar-refractivity contribution >= 4 is 39.1 Å². The fraction of sp³-hybridized carbons (Fsp3) is 0.200. The lowest BCUT2D eigenvalue weighted by atomic mass is 10.1. The summed E-state index contributed by atoms with van der Waals surface area (Å²) in [6.45, 7) is 4.55. The molecule has 0 saturated heterocycles. The van der Waals surface area contributed by atoms with Gasteiger partial charge in [0.1, 0.15) is 5.75 Å². The third-order valence-corrected chi connectivity index (χ3v) is 5.67. The molecule has 0 aliphatic rings. The first-order valence-corrected chi connectivity index (χ1v) is 9.49. The van der Waals surface area contributed by atoms with E-state index in [0.717, 1.165) is 21.4 Å². The van der Waals surface area contributed by atoms with Crippen molar-refractivity contribution < 1.29 is 9.53 Å². The minimum atomic E-state index is -0.201. The average Bonchev–Trinajstić information content (AvgIpc) is 2.89. The summed E-state index contributed by atoms with van der Waals surface area (Å²) in [5.41, 5.74) is 4.17. The Labute approximate surface area is 171 Å². The summed E-state index contributed by atoms with van der Waals surface area (Å²) < 4.78 is 8.05. The molecule has 3 aromatic rings. The number of amides is 1. The summed E-state index contributed by atoms with van der Waals surface area (Å²) >= 11 is 9.65. The first kappa shape index (κ1) is 19.5. The van der Waals surface area contributed by atoms with Crippen molar-refractivity contribution in [2.75, 3.05) is 12.4 Å². The first-order valence-electron chi connectivity index (χ1n) is 8.32. The number of hydrogen-bond donors (Lipinski definition) is 1. The summed E-state index contributed by atoms with van der Waals surface area (Å²) in [4.78, 5) is 12.6. The van der Waals surface area contributed by atoms with Crippen LogP contribution < -0.4 is 10.1 Å². The molecule has 0 aliphatic heterocycles. The Morgan fingerprint density at radius 3 is 2.67 bits per heavy atom. The topological polar surface area (TPSA) is 56.1 Å². The number of benzene rings is 2. The van der Waals surface area contributed by atoms with Crippen LogP contribution in [0.2, 0.25) is 5.02 Å². The smallest absolute Gasteiger partial charge is 0.255 e. The van der Waals surface area contributed by atoms with Gasteiger partial charge in [0.2, 0.25) is 0 Å². The molecule has 2 aromatic carbocycles. The van der Waals surface area contributed by atoms with Gasteiger partial charge < -0.3 is 10.1 Å². The van der Waals surface area contributed by atoms with E-state index in [1.807, 2.05) is 36.7 Å². The molecule has 0 spiro atoms. The standard InChI is InChI=1S/C20H19BrClN3O2/c1-12-19(21)13(2)25(24-12)11-14-5-4-6-15(9-14)20(26)23-16-7-8-18(27-3)17(22)10-16/h4-10H,11H2,1-3H3,(H,23,26). The third-order valence-electron chi connectivity index (χ3n) is 4.22. The number of halogens is 2. The van der Waals surface area contributed by atoms with Gasteiger partial charge in [-0.1, -0.05) is 23.7 Å². The lowest BCUT2D eigenvalue weighted by Gasteiger charge is -2.10. The summed E-state index contributed by atoms with van der Waals surface area (Å²) in [6.07, 6.45) is 0. The van der Waals surface area contributed by atoms with Crippen LogP contribution in [0.15, 0.2) is 46.9 Å². The van der Waals surface area contributed by atoms with E-state index < -0.39 is 0 Å². The minimum Gasteiger partial charge on any atom is -0.495 e. The van der Waals surface area contributed by atoms with Crippen molar-refractivity contribution in [3.63, 3.8) is 0 Å². The van der Waals surface area contributed by atoms with Crippen LogP contribution in [-0.2, 0) is 6.54 Å². The second kappa shape index (κ2) is 8.15. The van der Waals surface area contributed by atoms with Gasteiger partial charge in [-0.05, 0) is 65.7 Å². The SMILES string of the molecule is COc1ccc(NC(=O)c2cccc(Cn3nc(C)c(Br)c3C)c2)cc1Cl. The predicted molar refractivity (Wildman–Crippen MR) is 111 cm³/mol. The molecule has 7 heteroatoms. The van der Waals surface area contributed by atoms with Crippen molar-refractivity contribution in [1.82, 2.24) is 9.78 Å². The highest BCUT2D eigenvalue weighted by atomic mass is 79.9. The fourth-order valence-electron chi connectivity index (χ4n) is 2.76. The van der Waals surface area contributed by atoms with Gasteiger partial charge >= 0.3 is 0 Å². The highest BCUT2D eigenvalue weighted by molar-refractivity contribution is 9.10. The Bertz CT molecular complexity index is 1000. The molecule has 0 saturated carbocycles. The van der Waals surface area contributed by atoms with Crippen LogP contribution >= 0.6 is 27.5 Å². The Kier molecular flexibility index (Phi) is 5.87. The summed E-state index contributed by atoms with van der Waals surface area (Å²) in [7, 11) is 1.55. The van der Waals surface area contributed by atoms with E-state index >= 15 is 0 Å². The lowest BCUT2D eigenvalue weighted by molar-refractivity contribution is 0.102. The van der Waals surface area contributed by atoms with Crippen LogP contribution in [0, 0.1) is 13.8 Å². The molecule has 0 atom stereocenters. The molecule has 1 amide bonds. The number of aromatic nitrogens is 2. The van der Waals surface area contributed by atoms with E-state index in [1.165, 1.54) is 0 Å². The Balaban J connectivity index is 1.77. The van der Waals surface area contributed by atoms with E-state index in [1.54, 1.807) is 31.4 Å². The minimum absolute atomic E-state index is 0.201. The van der Waals surface area contributed by atoms with Crippen molar-refractivity contribution in [3.8, 4) is 5.75 Å². The summed E-state index contributed by atoms with van der Waals surface area (Å²) in [6, 6.07) is 12.6. The van der Waals surface area contributed by atoms with Gasteiger partial charge in [-0.15, -0.1) is 0 Å². The van der Waals surface area contributed by atoms with Gasteiger partial charge in [0, 0.05) is 11.3 Å². The van der Waals surface area contributed by atoms with E-state index in [4.69, 9.17) is 16.3 Å². The largest absolute Gasteiger partial charge is 0.495 e. The van der Waals surface area contributed by atoms with Gasteiger partial charge in [-0.25, -0.2) is 0 Å². The quantitative estimate of drug-likeness (QED) is 0.582. The van der Waals surface area contributed by atoms with Crippen molar-refractivity contribution in [3.05, 3.63) is 74.5 Å². The third kappa shape index (κ3) is 4.34.